The van der Waals surface area contributed by atoms with Crippen molar-refractivity contribution >= 4 is 11.7 Å². The number of likely N-dealkylation sites (tertiary alicyclic amines) is 1. The number of nitrogens with zero attached hydrogens (tertiary/aromatic N) is 4. The van der Waals surface area contributed by atoms with Crippen LogP contribution in [-0.2, 0) is 6.42 Å². The van der Waals surface area contributed by atoms with Gasteiger partial charge in [-0.1, -0.05) is 5.16 Å². The second kappa shape index (κ2) is 8.56. The molecule has 0 aromatic carbocycles. The molecule has 9 nitrogen and oxygen atoms in total. The van der Waals surface area contributed by atoms with Crippen molar-refractivity contribution in [3.63, 3.8) is 0 Å². The maximum Gasteiger partial charge on any atom is 0.289 e. The van der Waals surface area contributed by atoms with Gasteiger partial charge in [-0.05, 0) is 38.8 Å². The number of furan rings is 1. The third-order valence-electron chi connectivity index (χ3n) is 5.39. The van der Waals surface area contributed by atoms with E-state index in [9.17, 15) is 4.79 Å². The number of hydrogen-bond acceptors (Lipinski definition) is 8. The van der Waals surface area contributed by atoms with Crippen molar-refractivity contribution in [3.05, 3.63) is 53.1 Å². The van der Waals surface area contributed by atoms with Gasteiger partial charge in [-0.3, -0.25) is 4.79 Å². The Morgan fingerprint density at radius 3 is 2.70 bits per heavy atom. The van der Waals surface area contributed by atoms with Crippen molar-refractivity contribution < 1.29 is 18.5 Å². The second-order valence-electron chi connectivity index (χ2n) is 7.37. The molecule has 0 atom stereocenters. The number of aromatic nitrogens is 3. The zero-order valence-electron chi connectivity index (χ0n) is 17.3. The summed E-state index contributed by atoms with van der Waals surface area (Å²) in [4.78, 5) is 23.1. The monoisotopic (exact) mass is 411 g/mol. The fourth-order valence-electron chi connectivity index (χ4n) is 3.67. The highest BCUT2D eigenvalue weighted by molar-refractivity contribution is 5.91. The quantitative estimate of drug-likeness (QED) is 0.660. The van der Waals surface area contributed by atoms with Crippen molar-refractivity contribution in [2.75, 3.05) is 25.5 Å². The van der Waals surface area contributed by atoms with Gasteiger partial charge < -0.3 is 23.9 Å². The van der Waals surface area contributed by atoms with Crippen LogP contribution < -0.4 is 10.1 Å². The van der Waals surface area contributed by atoms with E-state index in [0.717, 1.165) is 35.6 Å². The highest BCUT2D eigenvalue weighted by Crippen LogP contribution is 2.23. The van der Waals surface area contributed by atoms with Gasteiger partial charge in [0.2, 0.25) is 0 Å². The minimum Gasteiger partial charge on any atom is -0.478 e. The maximum absolute atomic E-state index is 12.9. The lowest BCUT2D eigenvalue weighted by Crippen LogP contribution is -2.42. The number of carbonyl (C=O) groups excluding carboxylic acids is 1. The third-order valence-corrected chi connectivity index (χ3v) is 5.39. The topological polar surface area (TPSA) is 107 Å². The van der Waals surface area contributed by atoms with Crippen LogP contribution in [0.4, 0.5) is 5.82 Å². The first kappa shape index (κ1) is 19.9. The third kappa shape index (κ3) is 4.14. The van der Waals surface area contributed by atoms with E-state index < -0.39 is 0 Å². The number of hydrogen-bond donors (Lipinski definition) is 1. The fraction of sp³-hybridized carbons (Fsp3) is 0.429. The minimum atomic E-state index is -0.0875. The Labute approximate surface area is 174 Å². The van der Waals surface area contributed by atoms with Gasteiger partial charge in [0, 0.05) is 43.5 Å². The smallest absolute Gasteiger partial charge is 0.289 e. The molecule has 1 saturated heterocycles. The summed E-state index contributed by atoms with van der Waals surface area (Å²) < 4.78 is 16.3. The molecule has 158 valence electrons. The van der Waals surface area contributed by atoms with E-state index in [1.54, 1.807) is 25.6 Å². The van der Waals surface area contributed by atoms with Crippen molar-refractivity contribution in [2.45, 2.75) is 39.2 Å². The van der Waals surface area contributed by atoms with E-state index >= 15 is 0 Å². The predicted octanol–water partition coefficient (Wildman–Crippen LogP) is 2.99. The lowest BCUT2D eigenvalue weighted by atomic mass is 10.0. The summed E-state index contributed by atoms with van der Waals surface area (Å²) >= 11 is 0. The molecule has 3 aromatic heterocycles. The highest BCUT2D eigenvalue weighted by Gasteiger charge is 2.26. The molecule has 0 radical (unpaired) electrons. The molecule has 0 unspecified atom stereocenters. The normalized spacial score (nSPS) is 14.7. The standard InChI is InChI=1S/C21H25N5O4/c1-13-17(14(2)30-25-13)12-16-4-5-18(29-16)21(27)26-10-6-15(7-11-26)24-19-20(28-3)23-9-8-22-19/h4-5,8-9,15H,6-7,10-12H2,1-3H3,(H,22,24). The van der Waals surface area contributed by atoms with Crippen molar-refractivity contribution in [2.24, 2.45) is 0 Å². The Hall–Kier alpha value is -3.36. The summed E-state index contributed by atoms with van der Waals surface area (Å²) in [6.45, 7) is 5.05. The van der Waals surface area contributed by atoms with Crippen molar-refractivity contribution in [3.8, 4) is 5.88 Å². The number of anilines is 1. The summed E-state index contributed by atoms with van der Waals surface area (Å²) in [5.74, 6) is 2.86. The van der Waals surface area contributed by atoms with Crippen LogP contribution >= 0.6 is 0 Å². The maximum atomic E-state index is 12.9. The van der Waals surface area contributed by atoms with Crippen LogP contribution in [0, 0.1) is 13.8 Å². The van der Waals surface area contributed by atoms with Crippen LogP contribution in [0.3, 0.4) is 0 Å². The van der Waals surface area contributed by atoms with Crippen LogP contribution in [0.2, 0.25) is 0 Å². The first-order valence-corrected chi connectivity index (χ1v) is 9.96. The number of rotatable bonds is 6. The number of carbonyl (C=O) groups is 1. The molecule has 9 heteroatoms. The summed E-state index contributed by atoms with van der Waals surface area (Å²) in [7, 11) is 1.57. The zero-order valence-corrected chi connectivity index (χ0v) is 17.3. The number of piperidine rings is 1. The Morgan fingerprint density at radius 2 is 2.00 bits per heavy atom. The van der Waals surface area contributed by atoms with Crippen LogP contribution in [0.1, 0.15) is 46.2 Å². The van der Waals surface area contributed by atoms with Crippen LogP contribution in [0.15, 0.2) is 33.5 Å². The van der Waals surface area contributed by atoms with E-state index in [1.807, 2.05) is 24.8 Å². The van der Waals surface area contributed by atoms with Gasteiger partial charge in [-0.15, -0.1) is 0 Å². The summed E-state index contributed by atoms with van der Waals surface area (Å²) in [6, 6.07) is 3.78. The van der Waals surface area contributed by atoms with E-state index in [4.69, 9.17) is 13.7 Å². The molecule has 0 bridgehead atoms. The molecule has 0 spiro atoms. The summed E-state index contributed by atoms with van der Waals surface area (Å²) in [5, 5.41) is 7.33. The van der Waals surface area contributed by atoms with Crippen molar-refractivity contribution in [1.82, 2.24) is 20.0 Å². The Balaban J connectivity index is 1.34. The Morgan fingerprint density at radius 1 is 1.23 bits per heavy atom. The largest absolute Gasteiger partial charge is 0.478 e. The van der Waals surface area contributed by atoms with Gasteiger partial charge in [0.15, 0.2) is 11.6 Å². The van der Waals surface area contributed by atoms with Crippen LogP contribution in [0.5, 0.6) is 5.88 Å². The Kier molecular flexibility index (Phi) is 5.69. The molecule has 0 saturated carbocycles. The SMILES string of the molecule is COc1nccnc1NC1CCN(C(=O)c2ccc(Cc3c(C)noc3C)o2)CC1. The molecule has 0 aliphatic carbocycles. The van der Waals surface area contributed by atoms with Gasteiger partial charge in [0.25, 0.3) is 11.8 Å². The molecular weight excluding hydrogens is 386 g/mol. The lowest BCUT2D eigenvalue weighted by molar-refractivity contribution is 0.0684. The zero-order chi connectivity index (χ0) is 21.1. The van der Waals surface area contributed by atoms with Crippen LogP contribution in [0.25, 0.3) is 0 Å². The number of aryl methyl sites for hydroxylation is 2. The average molecular weight is 411 g/mol. The first-order chi connectivity index (χ1) is 14.5. The van der Waals surface area contributed by atoms with E-state index in [-0.39, 0.29) is 11.9 Å². The Bertz CT molecular complexity index is 1000. The number of methoxy groups -OCH3 is 1. The summed E-state index contributed by atoms with van der Waals surface area (Å²) in [5.41, 5.74) is 1.83. The molecule has 1 amide bonds. The van der Waals surface area contributed by atoms with Gasteiger partial charge in [-0.2, -0.15) is 0 Å². The molecule has 4 heterocycles. The molecule has 1 fully saturated rings. The van der Waals surface area contributed by atoms with Crippen molar-refractivity contribution in [1.29, 1.82) is 0 Å². The minimum absolute atomic E-state index is 0.0875. The number of nitrogens with one attached hydrogen (secondary N) is 1. The second-order valence-corrected chi connectivity index (χ2v) is 7.37. The molecule has 1 aliphatic rings. The molecule has 1 aliphatic heterocycles. The first-order valence-electron chi connectivity index (χ1n) is 9.96. The van der Waals surface area contributed by atoms with E-state index in [0.29, 0.717) is 37.0 Å². The highest BCUT2D eigenvalue weighted by atomic mass is 16.5. The van der Waals surface area contributed by atoms with E-state index in [1.165, 1.54) is 0 Å². The molecule has 4 rings (SSSR count). The van der Waals surface area contributed by atoms with Gasteiger partial charge in [0.05, 0.1) is 12.8 Å². The molecule has 1 N–H and O–H groups in total. The fourth-order valence-corrected chi connectivity index (χ4v) is 3.67. The average Bonchev–Trinajstić information content (AvgIpc) is 3.36. The summed E-state index contributed by atoms with van der Waals surface area (Å²) in [6.07, 6.45) is 5.38. The number of amides is 1. The molecular formula is C21H25N5O4. The lowest BCUT2D eigenvalue weighted by Gasteiger charge is -2.32. The van der Waals surface area contributed by atoms with Gasteiger partial charge >= 0.3 is 0 Å². The molecule has 30 heavy (non-hydrogen) atoms. The van der Waals surface area contributed by atoms with Gasteiger partial charge in [0.1, 0.15) is 11.5 Å². The van der Waals surface area contributed by atoms with Gasteiger partial charge in [-0.25, -0.2) is 9.97 Å². The van der Waals surface area contributed by atoms with E-state index in [2.05, 4.69) is 20.4 Å². The number of ether oxygens (including phenoxy) is 1. The predicted molar refractivity (Wildman–Crippen MR) is 109 cm³/mol. The van der Waals surface area contributed by atoms with Crippen LogP contribution in [-0.4, -0.2) is 52.2 Å². The molecule has 3 aromatic rings.